The largest absolute Gasteiger partial charge is 0.435 e. The van der Waals surface area contributed by atoms with E-state index in [2.05, 4.69) is 15.4 Å². The molecule has 4 nitrogen and oxygen atoms in total. The predicted molar refractivity (Wildman–Crippen MR) is 77.6 cm³/mol. The lowest BCUT2D eigenvalue weighted by Crippen LogP contribution is -2.43. The lowest BCUT2D eigenvalue weighted by atomic mass is 10.1. The summed E-state index contributed by atoms with van der Waals surface area (Å²) in [5.74, 6) is 0.503. The number of carbonyl (C=O) groups excluding carboxylic acids is 1. The van der Waals surface area contributed by atoms with Gasteiger partial charge in [-0.1, -0.05) is 26.0 Å². The van der Waals surface area contributed by atoms with Crippen LogP contribution in [0.1, 0.15) is 26.3 Å². The van der Waals surface area contributed by atoms with E-state index in [0.717, 1.165) is 5.56 Å². The fraction of sp³-hybridized carbons (Fsp3) is 0.533. The summed E-state index contributed by atoms with van der Waals surface area (Å²) in [6, 6.07) is 6.29. The van der Waals surface area contributed by atoms with Crippen molar-refractivity contribution in [3.05, 3.63) is 29.8 Å². The number of halogens is 2. The van der Waals surface area contributed by atoms with Gasteiger partial charge in [0.1, 0.15) is 5.75 Å². The molecule has 0 radical (unpaired) electrons. The van der Waals surface area contributed by atoms with Crippen molar-refractivity contribution >= 4 is 6.03 Å². The number of carbonyl (C=O) groups is 1. The normalized spacial score (nSPS) is 12.3. The number of urea groups is 1. The number of hydrogen-bond acceptors (Lipinski definition) is 2. The van der Waals surface area contributed by atoms with Gasteiger partial charge in [-0.2, -0.15) is 8.78 Å². The minimum atomic E-state index is -2.82. The van der Waals surface area contributed by atoms with Crippen LogP contribution in [0, 0.1) is 5.92 Å². The van der Waals surface area contributed by atoms with E-state index in [0.29, 0.717) is 18.9 Å². The Morgan fingerprint density at radius 1 is 1.19 bits per heavy atom. The Bertz CT molecular complexity index is 436. The SMILES string of the molecule is CC(C)C(C)NC(=O)NCCc1ccc(OC(F)F)cc1. The molecule has 0 aliphatic rings. The highest BCUT2D eigenvalue weighted by Crippen LogP contribution is 2.14. The maximum Gasteiger partial charge on any atom is 0.387 e. The summed E-state index contributed by atoms with van der Waals surface area (Å²) in [5.41, 5.74) is 0.939. The average molecular weight is 300 g/mol. The highest BCUT2D eigenvalue weighted by molar-refractivity contribution is 5.74. The van der Waals surface area contributed by atoms with Gasteiger partial charge in [0.05, 0.1) is 0 Å². The molecule has 6 heteroatoms. The first kappa shape index (κ1) is 17.2. The van der Waals surface area contributed by atoms with Crippen LogP contribution in [-0.4, -0.2) is 25.2 Å². The van der Waals surface area contributed by atoms with Gasteiger partial charge < -0.3 is 15.4 Å². The van der Waals surface area contributed by atoms with Crippen LogP contribution in [0.2, 0.25) is 0 Å². The predicted octanol–water partition coefficient (Wildman–Crippen LogP) is 3.17. The molecule has 1 atom stereocenters. The second kappa shape index (κ2) is 8.44. The summed E-state index contributed by atoms with van der Waals surface area (Å²) in [7, 11) is 0. The van der Waals surface area contributed by atoms with Gasteiger partial charge in [0.2, 0.25) is 0 Å². The number of benzene rings is 1. The van der Waals surface area contributed by atoms with E-state index in [4.69, 9.17) is 0 Å². The first-order valence-electron chi connectivity index (χ1n) is 6.96. The van der Waals surface area contributed by atoms with Gasteiger partial charge in [-0.3, -0.25) is 0 Å². The topological polar surface area (TPSA) is 50.4 Å². The molecule has 1 unspecified atom stereocenters. The van der Waals surface area contributed by atoms with Crippen LogP contribution in [-0.2, 0) is 6.42 Å². The van der Waals surface area contributed by atoms with Crippen LogP contribution in [0.15, 0.2) is 24.3 Å². The summed E-state index contributed by atoms with van der Waals surface area (Å²) >= 11 is 0. The monoisotopic (exact) mass is 300 g/mol. The summed E-state index contributed by atoms with van der Waals surface area (Å²) in [6.07, 6.45) is 0.623. The summed E-state index contributed by atoms with van der Waals surface area (Å²) < 4.78 is 28.3. The Labute approximate surface area is 123 Å². The van der Waals surface area contributed by atoms with E-state index in [1.165, 1.54) is 12.1 Å². The van der Waals surface area contributed by atoms with Crippen molar-refractivity contribution in [1.29, 1.82) is 0 Å². The van der Waals surface area contributed by atoms with Gasteiger partial charge >= 0.3 is 12.6 Å². The van der Waals surface area contributed by atoms with Crippen LogP contribution in [0.3, 0.4) is 0 Å². The summed E-state index contributed by atoms with van der Waals surface area (Å²) in [6.45, 7) is 3.68. The van der Waals surface area contributed by atoms with E-state index in [1.807, 2.05) is 20.8 Å². The molecule has 0 aliphatic heterocycles. The second-order valence-electron chi connectivity index (χ2n) is 5.21. The Hall–Kier alpha value is -1.85. The number of alkyl halides is 2. The van der Waals surface area contributed by atoms with Crippen molar-refractivity contribution in [2.45, 2.75) is 39.8 Å². The molecule has 0 aliphatic carbocycles. The van der Waals surface area contributed by atoms with Gasteiger partial charge in [-0.05, 0) is 37.0 Å². The Morgan fingerprint density at radius 2 is 1.81 bits per heavy atom. The van der Waals surface area contributed by atoms with Crippen molar-refractivity contribution in [3.63, 3.8) is 0 Å². The Kier molecular flexibility index (Phi) is 6.91. The van der Waals surface area contributed by atoms with Crippen LogP contribution in [0.5, 0.6) is 5.75 Å². The summed E-state index contributed by atoms with van der Waals surface area (Å²) in [4.78, 5) is 11.6. The van der Waals surface area contributed by atoms with Gasteiger partial charge in [0.25, 0.3) is 0 Å². The lowest BCUT2D eigenvalue weighted by Gasteiger charge is -2.17. The van der Waals surface area contributed by atoms with Crippen molar-refractivity contribution in [2.24, 2.45) is 5.92 Å². The highest BCUT2D eigenvalue weighted by atomic mass is 19.3. The molecule has 0 bridgehead atoms. The average Bonchev–Trinajstić information content (AvgIpc) is 2.40. The highest BCUT2D eigenvalue weighted by Gasteiger charge is 2.09. The molecule has 0 spiro atoms. The van der Waals surface area contributed by atoms with Crippen molar-refractivity contribution in [1.82, 2.24) is 10.6 Å². The smallest absolute Gasteiger partial charge is 0.387 e. The second-order valence-corrected chi connectivity index (χ2v) is 5.21. The van der Waals surface area contributed by atoms with Crippen LogP contribution < -0.4 is 15.4 Å². The first-order chi connectivity index (χ1) is 9.88. The van der Waals surface area contributed by atoms with E-state index in [1.54, 1.807) is 12.1 Å². The Balaban J connectivity index is 2.30. The number of hydrogen-bond donors (Lipinski definition) is 2. The molecule has 1 rings (SSSR count). The molecule has 0 saturated carbocycles. The first-order valence-corrected chi connectivity index (χ1v) is 6.96. The molecule has 0 fully saturated rings. The molecule has 2 N–H and O–H groups in total. The molecule has 0 heterocycles. The molecule has 118 valence electrons. The fourth-order valence-electron chi connectivity index (χ4n) is 1.58. The van der Waals surface area contributed by atoms with E-state index >= 15 is 0 Å². The molecular weight excluding hydrogens is 278 g/mol. The minimum Gasteiger partial charge on any atom is -0.435 e. The summed E-state index contributed by atoms with van der Waals surface area (Å²) in [5, 5.41) is 5.61. The maximum atomic E-state index is 12.0. The third-order valence-electron chi connectivity index (χ3n) is 3.21. The van der Waals surface area contributed by atoms with E-state index in [-0.39, 0.29) is 17.8 Å². The van der Waals surface area contributed by atoms with Gasteiger partial charge in [0.15, 0.2) is 0 Å². The van der Waals surface area contributed by atoms with Crippen LogP contribution >= 0.6 is 0 Å². The third-order valence-corrected chi connectivity index (χ3v) is 3.21. The van der Waals surface area contributed by atoms with E-state index < -0.39 is 6.61 Å². The fourth-order valence-corrected chi connectivity index (χ4v) is 1.58. The minimum absolute atomic E-state index is 0.107. The zero-order valence-electron chi connectivity index (χ0n) is 12.5. The zero-order valence-corrected chi connectivity index (χ0v) is 12.5. The molecule has 0 aromatic heterocycles. The van der Waals surface area contributed by atoms with Gasteiger partial charge in [0, 0.05) is 12.6 Å². The molecule has 1 aromatic carbocycles. The van der Waals surface area contributed by atoms with Crippen LogP contribution in [0.4, 0.5) is 13.6 Å². The van der Waals surface area contributed by atoms with Gasteiger partial charge in [-0.15, -0.1) is 0 Å². The van der Waals surface area contributed by atoms with Crippen molar-refractivity contribution in [2.75, 3.05) is 6.54 Å². The number of amides is 2. The Morgan fingerprint density at radius 3 is 2.33 bits per heavy atom. The van der Waals surface area contributed by atoms with Crippen molar-refractivity contribution < 1.29 is 18.3 Å². The molecule has 2 amide bonds. The molecular formula is C15H22F2N2O2. The van der Waals surface area contributed by atoms with Crippen molar-refractivity contribution in [3.8, 4) is 5.75 Å². The number of ether oxygens (including phenoxy) is 1. The number of nitrogens with one attached hydrogen (secondary N) is 2. The maximum absolute atomic E-state index is 12.0. The zero-order chi connectivity index (χ0) is 15.8. The van der Waals surface area contributed by atoms with Crippen LogP contribution in [0.25, 0.3) is 0 Å². The molecule has 21 heavy (non-hydrogen) atoms. The molecule has 0 saturated heterocycles. The van der Waals surface area contributed by atoms with E-state index in [9.17, 15) is 13.6 Å². The molecule has 1 aromatic rings. The lowest BCUT2D eigenvalue weighted by molar-refractivity contribution is -0.0498. The van der Waals surface area contributed by atoms with Gasteiger partial charge in [-0.25, -0.2) is 4.79 Å². The number of rotatable bonds is 7. The quantitative estimate of drug-likeness (QED) is 0.812. The third kappa shape index (κ3) is 6.92. The standard InChI is InChI=1S/C15H22F2N2O2/c1-10(2)11(3)19-15(20)18-9-8-12-4-6-13(7-5-12)21-14(16)17/h4-7,10-11,14H,8-9H2,1-3H3,(H2,18,19,20).